The Bertz CT molecular complexity index is 897. The molecule has 0 aliphatic carbocycles. The van der Waals surface area contributed by atoms with Gasteiger partial charge in [-0.15, -0.1) is 0 Å². The first-order valence-corrected chi connectivity index (χ1v) is 7.56. The van der Waals surface area contributed by atoms with Crippen LogP contribution in [0, 0.1) is 10.1 Å². The first-order valence-electron chi connectivity index (χ1n) is 7.56. The summed E-state index contributed by atoms with van der Waals surface area (Å²) in [7, 11) is 2.87. The van der Waals surface area contributed by atoms with Crippen LogP contribution in [-0.4, -0.2) is 37.2 Å². The number of para-hydroxylation sites is 1. The molecule has 27 heavy (non-hydrogen) atoms. The first-order chi connectivity index (χ1) is 13.0. The van der Waals surface area contributed by atoms with E-state index in [9.17, 15) is 19.7 Å². The lowest BCUT2D eigenvalue weighted by Gasteiger charge is -2.11. The second kappa shape index (κ2) is 8.94. The Balaban J connectivity index is 2.05. The Labute approximate surface area is 153 Å². The minimum absolute atomic E-state index is 0.178. The van der Waals surface area contributed by atoms with Gasteiger partial charge in [-0.25, -0.2) is 5.43 Å². The zero-order valence-corrected chi connectivity index (χ0v) is 14.5. The predicted octanol–water partition coefficient (Wildman–Crippen LogP) is 1.70. The number of rotatable bonds is 6. The van der Waals surface area contributed by atoms with Crippen LogP contribution in [0.5, 0.6) is 11.5 Å². The molecule has 0 spiro atoms. The fraction of sp³-hybridized carbons (Fsp3) is 0.118. The summed E-state index contributed by atoms with van der Waals surface area (Å²) in [5.74, 6) is -1.27. The molecule has 0 aliphatic heterocycles. The maximum atomic E-state index is 12.0. The molecule has 2 aromatic carbocycles. The molecule has 2 N–H and O–H groups in total. The molecule has 140 valence electrons. The minimum atomic E-state index is -1.06. The highest BCUT2D eigenvalue weighted by Crippen LogP contribution is 2.28. The number of methoxy groups -OCH3 is 2. The van der Waals surface area contributed by atoms with Crippen LogP contribution in [0.4, 0.5) is 11.4 Å². The van der Waals surface area contributed by atoms with Gasteiger partial charge >= 0.3 is 11.8 Å². The van der Waals surface area contributed by atoms with E-state index in [1.807, 2.05) is 5.43 Å². The van der Waals surface area contributed by atoms with E-state index < -0.39 is 16.7 Å². The third kappa shape index (κ3) is 5.01. The van der Waals surface area contributed by atoms with Gasteiger partial charge in [0.05, 0.1) is 36.6 Å². The molecule has 10 heteroatoms. The molecule has 0 unspecified atom stereocenters. The molecule has 0 radical (unpaired) electrons. The molecule has 2 aromatic rings. The number of hydrogen-bond donors (Lipinski definition) is 2. The van der Waals surface area contributed by atoms with Crippen LogP contribution in [0.1, 0.15) is 5.56 Å². The van der Waals surface area contributed by atoms with Gasteiger partial charge in [0.15, 0.2) is 0 Å². The van der Waals surface area contributed by atoms with Gasteiger partial charge in [0.1, 0.15) is 11.5 Å². The van der Waals surface area contributed by atoms with E-state index in [1.165, 1.54) is 38.5 Å². The Kier molecular flexibility index (Phi) is 6.42. The highest BCUT2D eigenvalue weighted by Gasteiger charge is 2.16. The highest BCUT2D eigenvalue weighted by atomic mass is 16.6. The zero-order chi connectivity index (χ0) is 19.8. The van der Waals surface area contributed by atoms with E-state index in [0.29, 0.717) is 11.5 Å². The number of hydrazone groups is 1. The molecule has 0 saturated heterocycles. The molecule has 0 saturated carbocycles. The molecule has 10 nitrogen and oxygen atoms in total. The minimum Gasteiger partial charge on any atom is -0.497 e. The van der Waals surface area contributed by atoms with Crippen molar-refractivity contribution in [2.24, 2.45) is 5.10 Å². The van der Waals surface area contributed by atoms with E-state index in [0.717, 1.165) is 6.21 Å². The number of nitrogens with zero attached hydrogens (tertiary/aromatic N) is 2. The number of benzene rings is 2. The summed E-state index contributed by atoms with van der Waals surface area (Å²) in [6, 6.07) is 10.5. The average molecular weight is 372 g/mol. The van der Waals surface area contributed by atoms with E-state index in [-0.39, 0.29) is 16.9 Å². The number of ether oxygens (including phenoxy) is 2. The van der Waals surface area contributed by atoms with Crippen molar-refractivity contribution >= 4 is 29.4 Å². The van der Waals surface area contributed by atoms with Crippen molar-refractivity contribution in [1.29, 1.82) is 0 Å². The van der Waals surface area contributed by atoms with E-state index in [2.05, 4.69) is 10.4 Å². The summed E-state index contributed by atoms with van der Waals surface area (Å²) in [5.41, 5.74) is 2.24. The maximum absolute atomic E-state index is 12.0. The van der Waals surface area contributed by atoms with Crippen LogP contribution in [0.15, 0.2) is 47.6 Å². The predicted molar refractivity (Wildman–Crippen MR) is 97.0 cm³/mol. The summed E-state index contributed by atoms with van der Waals surface area (Å²) in [4.78, 5) is 34.2. The fourth-order valence-electron chi connectivity index (χ4n) is 2.07. The first kappa shape index (κ1) is 19.4. The van der Waals surface area contributed by atoms with Crippen molar-refractivity contribution in [2.75, 3.05) is 19.5 Å². The molecule has 0 bridgehead atoms. The van der Waals surface area contributed by atoms with Crippen LogP contribution in [-0.2, 0) is 9.59 Å². The van der Waals surface area contributed by atoms with Gasteiger partial charge in [-0.05, 0) is 18.2 Å². The second-order valence-corrected chi connectivity index (χ2v) is 5.04. The lowest BCUT2D eigenvalue weighted by Crippen LogP contribution is -2.32. The summed E-state index contributed by atoms with van der Waals surface area (Å²) in [5, 5.41) is 16.9. The Morgan fingerprint density at radius 3 is 2.52 bits per heavy atom. The third-order valence-electron chi connectivity index (χ3n) is 3.36. The Hall–Kier alpha value is -3.95. The van der Waals surface area contributed by atoms with Crippen LogP contribution >= 0.6 is 0 Å². The second-order valence-electron chi connectivity index (χ2n) is 5.04. The summed E-state index contributed by atoms with van der Waals surface area (Å²) >= 11 is 0. The lowest BCUT2D eigenvalue weighted by atomic mass is 10.2. The molecular weight excluding hydrogens is 356 g/mol. The normalized spacial score (nSPS) is 10.3. The number of amides is 2. The number of anilines is 1. The molecule has 2 rings (SSSR count). The highest BCUT2D eigenvalue weighted by molar-refractivity contribution is 6.39. The quantitative estimate of drug-likeness (QED) is 0.343. The van der Waals surface area contributed by atoms with Gasteiger partial charge in [-0.3, -0.25) is 19.7 Å². The topological polar surface area (TPSA) is 132 Å². The van der Waals surface area contributed by atoms with Crippen molar-refractivity contribution in [1.82, 2.24) is 5.43 Å². The fourth-order valence-corrected chi connectivity index (χ4v) is 2.07. The van der Waals surface area contributed by atoms with Gasteiger partial charge < -0.3 is 14.8 Å². The van der Waals surface area contributed by atoms with Gasteiger partial charge in [-0.2, -0.15) is 5.10 Å². The van der Waals surface area contributed by atoms with E-state index in [1.54, 1.807) is 18.2 Å². The van der Waals surface area contributed by atoms with E-state index in [4.69, 9.17) is 9.47 Å². The molecule has 0 atom stereocenters. The molecule has 0 fully saturated rings. The van der Waals surface area contributed by atoms with Crippen molar-refractivity contribution in [2.45, 2.75) is 0 Å². The van der Waals surface area contributed by atoms with Crippen LogP contribution in [0.25, 0.3) is 0 Å². The van der Waals surface area contributed by atoms with Crippen molar-refractivity contribution < 1.29 is 24.0 Å². The molecule has 0 heterocycles. The maximum Gasteiger partial charge on any atom is 0.329 e. The van der Waals surface area contributed by atoms with Gasteiger partial charge in [0.25, 0.3) is 5.69 Å². The van der Waals surface area contributed by atoms with Crippen molar-refractivity contribution in [3.8, 4) is 11.5 Å². The largest absolute Gasteiger partial charge is 0.497 e. The monoisotopic (exact) mass is 372 g/mol. The van der Waals surface area contributed by atoms with Crippen LogP contribution < -0.4 is 20.2 Å². The Morgan fingerprint density at radius 2 is 1.85 bits per heavy atom. The number of nitro groups is 1. The number of carbonyl (C=O) groups is 2. The average Bonchev–Trinajstić information content (AvgIpc) is 2.67. The van der Waals surface area contributed by atoms with Crippen molar-refractivity contribution in [3.63, 3.8) is 0 Å². The Morgan fingerprint density at radius 1 is 1.11 bits per heavy atom. The van der Waals surface area contributed by atoms with Crippen molar-refractivity contribution in [3.05, 3.63) is 58.1 Å². The smallest absolute Gasteiger partial charge is 0.329 e. The molecule has 2 amide bonds. The van der Waals surface area contributed by atoms with Gasteiger partial charge in [-0.1, -0.05) is 12.1 Å². The summed E-state index contributed by atoms with van der Waals surface area (Å²) < 4.78 is 10.2. The lowest BCUT2D eigenvalue weighted by molar-refractivity contribution is -0.385. The standard InChI is InChI=1S/C17H16N4O6/c1-26-12-7-8-15(27-2)13(9-12)19-16(22)17(23)20-18-10-11-5-3-4-6-14(11)21(24)25/h3-10H,1-2H3,(H,19,22)(H,20,23)/b18-10-. The van der Waals surface area contributed by atoms with E-state index >= 15 is 0 Å². The SMILES string of the molecule is COc1ccc(OC)c(NC(=O)C(=O)N/N=C\c2ccccc2[N+](=O)[O-])c1. The summed E-state index contributed by atoms with van der Waals surface area (Å²) in [6.07, 6.45) is 1.08. The number of hydrogen-bond acceptors (Lipinski definition) is 7. The number of nitrogens with one attached hydrogen (secondary N) is 2. The van der Waals surface area contributed by atoms with Crippen LogP contribution in [0.3, 0.4) is 0 Å². The number of nitro benzene ring substituents is 1. The van der Waals surface area contributed by atoms with Gasteiger partial charge in [0, 0.05) is 12.1 Å². The molecule has 0 aromatic heterocycles. The molecule has 0 aliphatic rings. The summed E-state index contributed by atoms with van der Waals surface area (Å²) in [6.45, 7) is 0. The van der Waals surface area contributed by atoms with Gasteiger partial charge in [0.2, 0.25) is 0 Å². The zero-order valence-electron chi connectivity index (χ0n) is 14.5. The number of carbonyl (C=O) groups excluding carboxylic acids is 2. The third-order valence-corrected chi connectivity index (χ3v) is 3.36. The molecular formula is C17H16N4O6. The van der Waals surface area contributed by atoms with Crippen LogP contribution in [0.2, 0.25) is 0 Å².